The van der Waals surface area contributed by atoms with E-state index in [2.05, 4.69) is 45.3 Å². The molecule has 1 fully saturated rings. The number of benzene rings is 1. The van der Waals surface area contributed by atoms with Crippen LogP contribution in [-0.2, 0) is 4.74 Å². The second-order valence-corrected chi connectivity index (χ2v) is 8.18. The molecule has 0 spiro atoms. The minimum Gasteiger partial charge on any atom is -0.495 e. The standard InChI is InChI=1S/C19H21N3O2S2/c1-13-7-8-16(23-2)15(11-13)22-18(17-6-4-10-25-17)20-21-19(22)26-12-14-5-3-9-24-14/h4,6-8,10-11,14H,3,5,9,12H2,1-2H3/t14-/m1/s1. The Morgan fingerprint density at radius 2 is 2.27 bits per heavy atom. The lowest BCUT2D eigenvalue weighted by molar-refractivity contribution is 0.129. The second-order valence-electron chi connectivity index (χ2n) is 6.24. The monoisotopic (exact) mass is 387 g/mol. The molecule has 2 aromatic heterocycles. The number of aromatic nitrogens is 3. The summed E-state index contributed by atoms with van der Waals surface area (Å²) in [6.07, 6.45) is 2.56. The Kier molecular flexibility index (Phi) is 5.28. The van der Waals surface area contributed by atoms with Gasteiger partial charge in [0.05, 0.1) is 23.8 Å². The number of methoxy groups -OCH3 is 1. The highest BCUT2D eigenvalue weighted by molar-refractivity contribution is 7.99. The zero-order valence-corrected chi connectivity index (χ0v) is 16.5. The van der Waals surface area contributed by atoms with Crippen LogP contribution in [0.4, 0.5) is 0 Å². The molecule has 7 heteroatoms. The summed E-state index contributed by atoms with van der Waals surface area (Å²) in [5, 5.41) is 11.9. The summed E-state index contributed by atoms with van der Waals surface area (Å²) in [5.74, 6) is 2.54. The summed E-state index contributed by atoms with van der Waals surface area (Å²) in [4.78, 5) is 1.09. The van der Waals surface area contributed by atoms with Gasteiger partial charge in [0.15, 0.2) is 11.0 Å². The number of aryl methyl sites for hydroxylation is 1. The fourth-order valence-corrected chi connectivity index (χ4v) is 4.77. The first-order chi connectivity index (χ1) is 12.8. The molecule has 3 aromatic rings. The third-order valence-corrected chi connectivity index (χ3v) is 6.30. The van der Waals surface area contributed by atoms with Crippen LogP contribution in [0, 0.1) is 6.92 Å². The molecule has 136 valence electrons. The summed E-state index contributed by atoms with van der Waals surface area (Å²) in [6.45, 7) is 2.95. The van der Waals surface area contributed by atoms with Crippen LogP contribution < -0.4 is 4.74 Å². The van der Waals surface area contributed by atoms with E-state index in [4.69, 9.17) is 9.47 Å². The van der Waals surface area contributed by atoms with E-state index in [1.807, 2.05) is 12.1 Å². The quantitative estimate of drug-likeness (QED) is 0.579. The van der Waals surface area contributed by atoms with Gasteiger partial charge in [0.25, 0.3) is 0 Å². The van der Waals surface area contributed by atoms with E-state index >= 15 is 0 Å². The van der Waals surface area contributed by atoms with Crippen molar-refractivity contribution in [2.24, 2.45) is 0 Å². The molecule has 0 amide bonds. The molecule has 1 aliphatic rings. The number of hydrogen-bond donors (Lipinski definition) is 0. The molecule has 0 unspecified atom stereocenters. The third kappa shape index (κ3) is 3.51. The summed E-state index contributed by atoms with van der Waals surface area (Å²) < 4.78 is 13.5. The molecule has 0 aliphatic carbocycles. The molecule has 0 bridgehead atoms. The van der Waals surface area contributed by atoms with Crippen LogP contribution in [0.25, 0.3) is 16.4 Å². The van der Waals surface area contributed by atoms with Crippen molar-refractivity contribution < 1.29 is 9.47 Å². The van der Waals surface area contributed by atoms with Crippen molar-refractivity contribution in [3.05, 3.63) is 41.3 Å². The van der Waals surface area contributed by atoms with Gasteiger partial charge in [-0.3, -0.25) is 4.57 Å². The molecule has 1 atom stereocenters. The van der Waals surface area contributed by atoms with E-state index in [1.165, 1.54) is 5.56 Å². The highest BCUT2D eigenvalue weighted by atomic mass is 32.2. The maximum atomic E-state index is 5.76. The Labute approximate surface area is 161 Å². The maximum absolute atomic E-state index is 5.76. The predicted octanol–water partition coefficient (Wildman–Crippen LogP) is 4.58. The fourth-order valence-electron chi connectivity index (χ4n) is 3.06. The van der Waals surface area contributed by atoms with Gasteiger partial charge in [-0.2, -0.15) is 0 Å². The Morgan fingerprint density at radius 3 is 3.00 bits per heavy atom. The van der Waals surface area contributed by atoms with E-state index in [-0.39, 0.29) is 0 Å². The van der Waals surface area contributed by atoms with Gasteiger partial charge in [0.2, 0.25) is 0 Å². The summed E-state index contributed by atoms with van der Waals surface area (Å²) >= 11 is 3.36. The van der Waals surface area contributed by atoms with Crippen LogP contribution in [0.2, 0.25) is 0 Å². The molecule has 0 N–H and O–H groups in total. The molecule has 1 saturated heterocycles. The fraction of sp³-hybridized carbons (Fsp3) is 0.368. The Balaban J connectivity index is 1.77. The summed E-state index contributed by atoms with van der Waals surface area (Å²) in [6, 6.07) is 10.3. The first-order valence-electron chi connectivity index (χ1n) is 8.65. The van der Waals surface area contributed by atoms with E-state index in [0.29, 0.717) is 6.10 Å². The van der Waals surface area contributed by atoms with Crippen LogP contribution >= 0.6 is 23.1 Å². The Morgan fingerprint density at radius 1 is 1.35 bits per heavy atom. The Bertz CT molecular complexity index is 871. The van der Waals surface area contributed by atoms with E-state index < -0.39 is 0 Å². The van der Waals surface area contributed by atoms with Crippen molar-refractivity contribution in [3.63, 3.8) is 0 Å². The normalized spacial score (nSPS) is 16.9. The molecule has 0 saturated carbocycles. The Hall–Kier alpha value is -1.83. The van der Waals surface area contributed by atoms with Crippen LogP contribution in [0.3, 0.4) is 0 Å². The molecular weight excluding hydrogens is 366 g/mol. The molecule has 5 nitrogen and oxygen atoms in total. The first kappa shape index (κ1) is 17.6. The lowest BCUT2D eigenvalue weighted by atomic mass is 10.2. The molecule has 1 aliphatic heterocycles. The van der Waals surface area contributed by atoms with Crippen LogP contribution in [0.5, 0.6) is 5.75 Å². The summed E-state index contributed by atoms with van der Waals surface area (Å²) in [7, 11) is 1.70. The second kappa shape index (κ2) is 7.82. The van der Waals surface area contributed by atoms with Gasteiger partial charge in [-0.25, -0.2) is 0 Å². The van der Waals surface area contributed by atoms with E-state index in [0.717, 1.165) is 52.5 Å². The third-order valence-electron chi connectivity index (χ3n) is 4.37. The number of thioether (sulfide) groups is 1. The van der Waals surface area contributed by atoms with Gasteiger partial charge in [0.1, 0.15) is 5.75 Å². The van der Waals surface area contributed by atoms with Crippen molar-refractivity contribution in [2.45, 2.75) is 31.0 Å². The van der Waals surface area contributed by atoms with E-state index in [1.54, 1.807) is 30.2 Å². The van der Waals surface area contributed by atoms with Gasteiger partial charge in [0, 0.05) is 12.4 Å². The highest BCUT2D eigenvalue weighted by Crippen LogP contribution is 2.35. The molecule has 4 rings (SSSR count). The van der Waals surface area contributed by atoms with Crippen molar-refractivity contribution >= 4 is 23.1 Å². The first-order valence-corrected chi connectivity index (χ1v) is 10.5. The lowest BCUT2D eigenvalue weighted by Crippen LogP contribution is -2.09. The predicted molar refractivity (Wildman–Crippen MR) is 106 cm³/mol. The van der Waals surface area contributed by atoms with Gasteiger partial charge in [-0.1, -0.05) is 23.9 Å². The van der Waals surface area contributed by atoms with Gasteiger partial charge in [-0.15, -0.1) is 21.5 Å². The van der Waals surface area contributed by atoms with Crippen molar-refractivity contribution in [1.82, 2.24) is 14.8 Å². The average Bonchev–Trinajstić information content (AvgIpc) is 3.40. The smallest absolute Gasteiger partial charge is 0.196 e. The van der Waals surface area contributed by atoms with Crippen LogP contribution in [0.15, 0.2) is 40.9 Å². The number of thiophene rings is 1. The molecule has 26 heavy (non-hydrogen) atoms. The van der Waals surface area contributed by atoms with Gasteiger partial charge >= 0.3 is 0 Å². The van der Waals surface area contributed by atoms with Crippen molar-refractivity contribution in [2.75, 3.05) is 19.5 Å². The van der Waals surface area contributed by atoms with Crippen LogP contribution in [0.1, 0.15) is 18.4 Å². The minimum absolute atomic E-state index is 0.301. The van der Waals surface area contributed by atoms with Gasteiger partial charge in [-0.05, 0) is 48.9 Å². The number of rotatable bonds is 6. The molecule has 3 heterocycles. The number of ether oxygens (including phenoxy) is 2. The number of hydrogen-bond acceptors (Lipinski definition) is 6. The van der Waals surface area contributed by atoms with Crippen LogP contribution in [-0.4, -0.2) is 40.3 Å². The SMILES string of the molecule is COc1ccc(C)cc1-n1c(SC[C@H]2CCCO2)nnc1-c1cccs1. The molecule has 0 radical (unpaired) electrons. The topological polar surface area (TPSA) is 49.2 Å². The minimum atomic E-state index is 0.301. The van der Waals surface area contributed by atoms with Crippen molar-refractivity contribution in [1.29, 1.82) is 0 Å². The zero-order chi connectivity index (χ0) is 17.9. The molecule has 1 aromatic carbocycles. The number of nitrogens with zero attached hydrogens (tertiary/aromatic N) is 3. The lowest BCUT2D eigenvalue weighted by Gasteiger charge is -2.15. The molecular formula is C19H21N3O2S2. The zero-order valence-electron chi connectivity index (χ0n) is 14.8. The maximum Gasteiger partial charge on any atom is 0.196 e. The average molecular weight is 388 g/mol. The highest BCUT2D eigenvalue weighted by Gasteiger charge is 2.22. The van der Waals surface area contributed by atoms with Crippen molar-refractivity contribution in [3.8, 4) is 22.1 Å². The van der Waals surface area contributed by atoms with E-state index in [9.17, 15) is 0 Å². The largest absolute Gasteiger partial charge is 0.495 e. The van der Waals surface area contributed by atoms with Gasteiger partial charge < -0.3 is 9.47 Å². The summed E-state index contributed by atoms with van der Waals surface area (Å²) in [5.41, 5.74) is 2.14.